The zero-order chi connectivity index (χ0) is 9.68. The Morgan fingerprint density at radius 2 is 2.46 bits per heavy atom. The van der Waals surface area contributed by atoms with Gasteiger partial charge in [-0.15, -0.1) is 0 Å². The first-order chi connectivity index (χ1) is 6.24. The fourth-order valence-electron chi connectivity index (χ4n) is 0.944. The number of nitrogens with zero attached hydrogens (tertiary/aromatic N) is 2. The molecule has 0 saturated carbocycles. The summed E-state index contributed by atoms with van der Waals surface area (Å²) in [4.78, 5) is 8.02. The van der Waals surface area contributed by atoms with Gasteiger partial charge < -0.3 is 10.1 Å². The second-order valence-electron chi connectivity index (χ2n) is 2.72. The van der Waals surface area contributed by atoms with Gasteiger partial charge >= 0.3 is 0 Å². The summed E-state index contributed by atoms with van der Waals surface area (Å²) in [5.74, 6) is 0.861. The SMILES string of the molecule is COCC(C)Nc1ncncc1I. The lowest BCUT2D eigenvalue weighted by Crippen LogP contribution is -2.22. The second kappa shape index (κ2) is 5.33. The number of halogens is 1. The summed E-state index contributed by atoms with van der Waals surface area (Å²) in [6, 6.07) is 0.258. The Bertz CT molecular complexity index is 269. The van der Waals surface area contributed by atoms with Gasteiger partial charge in [0.2, 0.25) is 0 Å². The lowest BCUT2D eigenvalue weighted by Gasteiger charge is -2.13. The standard InChI is InChI=1S/C8H12IN3O/c1-6(4-13-2)12-8-7(9)3-10-5-11-8/h3,5-6H,4H2,1-2H3,(H,10,11,12). The molecule has 4 nitrogen and oxygen atoms in total. The molecule has 1 aromatic heterocycles. The van der Waals surface area contributed by atoms with Crippen LogP contribution in [-0.2, 0) is 4.74 Å². The van der Waals surface area contributed by atoms with Crippen LogP contribution in [0.4, 0.5) is 5.82 Å². The normalized spacial score (nSPS) is 12.5. The first-order valence-corrected chi connectivity index (χ1v) is 5.03. The molecular weight excluding hydrogens is 281 g/mol. The fourth-order valence-corrected chi connectivity index (χ4v) is 1.40. The summed E-state index contributed by atoms with van der Waals surface area (Å²) in [5.41, 5.74) is 0. The third kappa shape index (κ3) is 3.43. The van der Waals surface area contributed by atoms with Crippen LogP contribution in [-0.4, -0.2) is 29.7 Å². The van der Waals surface area contributed by atoms with Crippen molar-refractivity contribution in [2.24, 2.45) is 0 Å². The van der Waals surface area contributed by atoms with E-state index in [0.717, 1.165) is 9.39 Å². The van der Waals surface area contributed by atoms with Crippen molar-refractivity contribution in [3.8, 4) is 0 Å². The van der Waals surface area contributed by atoms with Crippen molar-refractivity contribution >= 4 is 28.4 Å². The molecule has 0 aliphatic carbocycles. The van der Waals surface area contributed by atoms with Crippen molar-refractivity contribution in [3.63, 3.8) is 0 Å². The molecule has 1 heterocycles. The molecule has 1 atom stereocenters. The van der Waals surface area contributed by atoms with Crippen LogP contribution < -0.4 is 5.32 Å². The average Bonchev–Trinajstić information content (AvgIpc) is 2.09. The van der Waals surface area contributed by atoms with Crippen molar-refractivity contribution in [3.05, 3.63) is 16.1 Å². The monoisotopic (exact) mass is 293 g/mol. The predicted octanol–water partition coefficient (Wildman–Crippen LogP) is 1.53. The van der Waals surface area contributed by atoms with Crippen LogP contribution in [0.1, 0.15) is 6.92 Å². The third-order valence-electron chi connectivity index (χ3n) is 1.47. The molecule has 0 radical (unpaired) electrons. The van der Waals surface area contributed by atoms with Crippen molar-refractivity contribution in [2.45, 2.75) is 13.0 Å². The molecule has 0 fully saturated rings. The number of aromatic nitrogens is 2. The predicted molar refractivity (Wildman–Crippen MR) is 59.7 cm³/mol. The number of hydrogen-bond donors (Lipinski definition) is 1. The maximum absolute atomic E-state index is 5.01. The molecular formula is C8H12IN3O. The molecule has 13 heavy (non-hydrogen) atoms. The zero-order valence-electron chi connectivity index (χ0n) is 7.62. The number of methoxy groups -OCH3 is 1. The van der Waals surface area contributed by atoms with Crippen LogP contribution in [0.25, 0.3) is 0 Å². The Labute approximate surface area is 91.3 Å². The van der Waals surface area contributed by atoms with Gasteiger partial charge in [0.05, 0.1) is 10.2 Å². The van der Waals surface area contributed by atoms with E-state index in [9.17, 15) is 0 Å². The highest BCUT2D eigenvalue weighted by molar-refractivity contribution is 14.1. The van der Waals surface area contributed by atoms with Crippen LogP contribution in [0.3, 0.4) is 0 Å². The van der Waals surface area contributed by atoms with Gasteiger partial charge in [0, 0.05) is 19.3 Å². The summed E-state index contributed by atoms with van der Waals surface area (Å²) in [5, 5.41) is 3.23. The Balaban J connectivity index is 2.58. The molecule has 0 aromatic carbocycles. The number of nitrogens with one attached hydrogen (secondary N) is 1. The maximum Gasteiger partial charge on any atom is 0.143 e. The minimum atomic E-state index is 0.258. The van der Waals surface area contributed by atoms with Crippen molar-refractivity contribution in [1.82, 2.24) is 9.97 Å². The molecule has 72 valence electrons. The molecule has 0 aliphatic heterocycles. The molecule has 0 aliphatic rings. The molecule has 1 unspecified atom stereocenters. The van der Waals surface area contributed by atoms with Crippen molar-refractivity contribution in [2.75, 3.05) is 19.0 Å². The van der Waals surface area contributed by atoms with Crippen LogP contribution in [0.5, 0.6) is 0 Å². The lowest BCUT2D eigenvalue weighted by molar-refractivity contribution is 0.190. The molecule has 0 bridgehead atoms. The molecule has 1 rings (SSSR count). The fraction of sp³-hybridized carbons (Fsp3) is 0.500. The average molecular weight is 293 g/mol. The molecule has 1 N–H and O–H groups in total. The van der Waals surface area contributed by atoms with Crippen molar-refractivity contribution < 1.29 is 4.74 Å². The summed E-state index contributed by atoms with van der Waals surface area (Å²) in [6.45, 7) is 2.71. The van der Waals surface area contributed by atoms with Gasteiger partial charge in [-0.05, 0) is 29.5 Å². The van der Waals surface area contributed by atoms with E-state index >= 15 is 0 Å². The third-order valence-corrected chi connectivity index (χ3v) is 2.26. The highest BCUT2D eigenvalue weighted by Gasteiger charge is 2.04. The summed E-state index contributed by atoms with van der Waals surface area (Å²) < 4.78 is 6.02. The summed E-state index contributed by atoms with van der Waals surface area (Å²) in [7, 11) is 1.68. The van der Waals surface area contributed by atoms with E-state index in [-0.39, 0.29) is 6.04 Å². The topological polar surface area (TPSA) is 47.0 Å². The van der Waals surface area contributed by atoms with Crippen LogP contribution >= 0.6 is 22.6 Å². The first kappa shape index (κ1) is 10.6. The number of rotatable bonds is 4. The van der Waals surface area contributed by atoms with Gasteiger partial charge in [-0.1, -0.05) is 0 Å². The van der Waals surface area contributed by atoms with Crippen molar-refractivity contribution in [1.29, 1.82) is 0 Å². The number of ether oxygens (including phenoxy) is 1. The lowest BCUT2D eigenvalue weighted by atomic mass is 10.3. The highest BCUT2D eigenvalue weighted by Crippen LogP contribution is 2.13. The first-order valence-electron chi connectivity index (χ1n) is 3.95. The Morgan fingerprint density at radius 1 is 1.69 bits per heavy atom. The van der Waals surface area contributed by atoms with E-state index in [1.165, 1.54) is 6.33 Å². The smallest absolute Gasteiger partial charge is 0.143 e. The summed E-state index contributed by atoms with van der Waals surface area (Å²) in [6.07, 6.45) is 3.30. The molecule has 0 spiro atoms. The second-order valence-corrected chi connectivity index (χ2v) is 3.88. The Hall–Kier alpha value is -0.430. The van der Waals surface area contributed by atoms with Gasteiger partial charge in [-0.2, -0.15) is 0 Å². The van der Waals surface area contributed by atoms with E-state index in [1.807, 2.05) is 6.92 Å². The minimum Gasteiger partial charge on any atom is -0.383 e. The van der Waals surface area contributed by atoms with Gasteiger partial charge in [-0.25, -0.2) is 9.97 Å². The summed E-state index contributed by atoms with van der Waals surface area (Å²) >= 11 is 2.19. The largest absolute Gasteiger partial charge is 0.383 e. The molecule has 5 heteroatoms. The van der Waals surface area contributed by atoms with Crippen LogP contribution in [0.2, 0.25) is 0 Å². The molecule has 1 aromatic rings. The molecule has 0 amide bonds. The van der Waals surface area contributed by atoms with E-state index < -0.39 is 0 Å². The van der Waals surface area contributed by atoms with E-state index in [0.29, 0.717) is 6.61 Å². The number of anilines is 1. The Kier molecular flexibility index (Phi) is 4.37. The Morgan fingerprint density at radius 3 is 3.08 bits per heavy atom. The number of hydrogen-bond acceptors (Lipinski definition) is 4. The van der Waals surface area contributed by atoms with Crippen LogP contribution in [0.15, 0.2) is 12.5 Å². The molecule has 0 saturated heterocycles. The van der Waals surface area contributed by atoms with Gasteiger partial charge in [0.1, 0.15) is 12.1 Å². The maximum atomic E-state index is 5.01. The van der Waals surface area contributed by atoms with E-state index in [4.69, 9.17) is 4.74 Å². The minimum absolute atomic E-state index is 0.258. The van der Waals surface area contributed by atoms with Gasteiger partial charge in [0.25, 0.3) is 0 Å². The van der Waals surface area contributed by atoms with Crippen LogP contribution in [0, 0.1) is 3.57 Å². The highest BCUT2D eigenvalue weighted by atomic mass is 127. The quantitative estimate of drug-likeness (QED) is 0.855. The van der Waals surface area contributed by atoms with E-state index in [2.05, 4.69) is 37.9 Å². The van der Waals surface area contributed by atoms with Gasteiger partial charge in [0.15, 0.2) is 0 Å². The van der Waals surface area contributed by atoms with E-state index in [1.54, 1.807) is 13.3 Å². The zero-order valence-corrected chi connectivity index (χ0v) is 9.78. The van der Waals surface area contributed by atoms with Gasteiger partial charge in [-0.3, -0.25) is 0 Å².